The molecule has 0 saturated heterocycles. The molecule has 0 amide bonds. The molecule has 50 heavy (non-hydrogen) atoms. The SMILES string of the molecule is C=COC(C)=O.CC(=O)O.CC(=O)OC(C)CC(C(=O)O)C(C)C(=O)O.CC(O)CC(C(=O)O)C(C)C(=O)O.O=C(O)C=CC(=O)O.[Fe].[Fe].[Fe]. The summed E-state index contributed by atoms with van der Waals surface area (Å²) in [5.41, 5.74) is 0. The minimum absolute atomic E-state index is 0. The standard InChI is InChI=1S/C10H16O6.C8H14O5.C4H4O4.C4H6O2.C2H4O2.3Fe/c1-5(16-7(3)11)4-8(10(14)15)6(2)9(12)13;1-4(9)3-6(8(12)13)5(2)7(10)11;5-3(6)1-2-4(7)8;1-3-6-4(2)5;1-2(3)4;;;/h5-6,8H,4H2,1-3H3,(H,12,13)(H,14,15);4-6,9H,3H2,1-2H3,(H,10,11)(H,12,13);1-2H,(H,5,6)(H,7,8);3H,1H2,2H3;1H3,(H,3,4);;;. The maximum atomic E-state index is 10.9. The average Bonchev–Trinajstić information content (AvgIpc) is 2.88. The third-order valence-corrected chi connectivity index (χ3v) is 4.79. The quantitative estimate of drug-likeness (QED) is 0.0530. The van der Waals surface area contributed by atoms with Crippen molar-refractivity contribution in [2.24, 2.45) is 23.7 Å². The van der Waals surface area contributed by atoms with Crippen LogP contribution in [0, 0.1) is 23.7 Å². The fourth-order valence-electron chi connectivity index (χ4n) is 2.70. The summed E-state index contributed by atoms with van der Waals surface area (Å²) in [4.78, 5) is 91.1. The number of hydrogen-bond donors (Lipinski definition) is 8. The summed E-state index contributed by atoms with van der Waals surface area (Å²) in [5.74, 6) is -13.0. The van der Waals surface area contributed by atoms with Crippen molar-refractivity contribution in [1.29, 1.82) is 0 Å². The van der Waals surface area contributed by atoms with E-state index in [1.54, 1.807) is 0 Å². The molecule has 0 aromatic carbocycles. The van der Waals surface area contributed by atoms with E-state index < -0.39 is 83.6 Å². The van der Waals surface area contributed by atoms with Crippen LogP contribution < -0.4 is 0 Å². The van der Waals surface area contributed by atoms with Crippen LogP contribution in [0.5, 0.6) is 0 Å². The molecule has 0 aliphatic heterocycles. The van der Waals surface area contributed by atoms with Crippen molar-refractivity contribution in [2.45, 2.75) is 73.5 Å². The van der Waals surface area contributed by atoms with Crippen molar-refractivity contribution < 1.29 is 145 Å². The topological polar surface area (TPSA) is 334 Å². The van der Waals surface area contributed by atoms with Gasteiger partial charge in [-0.3, -0.25) is 33.6 Å². The summed E-state index contributed by atoms with van der Waals surface area (Å²) in [5, 5.41) is 66.8. The molecule has 6 unspecified atom stereocenters. The smallest absolute Gasteiger partial charge is 0.328 e. The molecule has 0 fully saturated rings. The first-order valence-corrected chi connectivity index (χ1v) is 13.1. The normalized spacial score (nSPS) is 12.5. The Kier molecular flexibility index (Phi) is 49.2. The maximum absolute atomic E-state index is 10.9. The van der Waals surface area contributed by atoms with Gasteiger partial charge < -0.3 is 50.3 Å². The van der Waals surface area contributed by atoms with Crippen LogP contribution in [0.4, 0.5) is 0 Å². The van der Waals surface area contributed by atoms with Gasteiger partial charge in [-0.05, 0) is 26.7 Å². The van der Waals surface area contributed by atoms with Gasteiger partial charge in [-0.1, -0.05) is 20.4 Å². The molecule has 6 atom stereocenters. The van der Waals surface area contributed by atoms with Gasteiger partial charge in [-0.15, -0.1) is 0 Å². The molecule has 0 aliphatic rings. The summed E-state index contributed by atoms with van der Waals surface area (Å²) >= 11 is 0. The Morgan fingerprint density at radius 3 is 1.04 bits per heavy atom. The number of carboxylic acid groups (broad SMARTS) is 7. The molecule has 0 radical (unpaired) electrons. The second-order valence-electron chi connectivity index (χ2n) is 9.19. The fourth-order valence-corrected chi connectivity index (χ4v) is 2.70. The first kappa shape index (κ1) is 64.7. The number of carbonyl (C=O) groups is 9. The molecule has 0 bridgehead atoms. The summed E-state index contributed by atoms with van der Waals surface area (Å²) in [6.07, 6.45) is 0.751. The molecular weight excluding hydrogens is 808 g/mol. The van der Waals surface area contributed by atoms with E-state index in [0.29, 0.717) is 12.2 Å². The van der Waals surface area contributed by atoms with Crippen LogP contribution in [-0.2, 0) is 104 Å². The van der Waals surface area contributed by atoms with Crippen LogP contribution >= 0.6 is 0 Å². The van der Waals surface area contributed by atoms with Gasteiger partial charge in [-0.2, -0.15) is 0 Å². The van der Waals surface area contributed by atoms with Gasteiger partial charge in [0.15, 0.2) is 0 Å². The minimum Gasteiger partial charge on any atom is -0.481 e. The van der Waals surface area contributed by atoms with Gasteiger partial charge in [0.1, 0.15) is 0 Å². The molecule has 8 N–H and O–H groups in total. The Hall–Kier alpha value is -3.77. The largest absolute Gasteiger partial charge is 0.481 e. The Balaban J connectivity index is -0.0000000778. The van der Waals surface area contributed by atoms with Crippen LogP contribution in [0.3, 0.4) is 0 Å². The summed E-state index contributed by atoms with van der Waals surface area (Å²) in [6.45, 7) is 12.4. The van der Waals surface area contributed by atoms with Crippen LogP contribution in [0.2, 0.25) is 0 Å². The summed E-state index contributed by atoms with van der Waals surface area (Å²) in [6, 6.07) is 0. The average molecular weight is 852 g/mol. The minimum atomic E-state index is -1.26. The maximum Gasteiger partial charge on any atom is 0.328 e. The first-order valence-electron chi connectivity index (χ1n) is 13.1. The van der Waals surface area contributed by atoms with Crippen molar-refractivity contribution in [3.05, 3.63) is 25.0 Å². The first-order chi connectivity index (χ1) is 21.2. The third kappa shape index (κ3) is 51.1. The van der Waals surface area contributed by atoms with E-state index in [1.807, 2.05) is 0 Å². The van der Waals surface area contributed by atoms with Gasteiger partial charge in [0, 0.05) is 84.1 Å². The summed E-state index contributed by atoms with van der Waals surface area (Å²) < 4.78 is 8.93. The summed E-state index contributed by atoms with van der Waals surface area (Å²) in [7, 11) is 0. The number of carbonyl (C=O) groups excluding carboxylic acids is 2. The second-order valence-corrected chi connectivity index (χ2v) is 9.19. The number of hydrogen-bond acceptors (Lipinski definition) is 12. The van der Waals surface area contributed by atoms with E-state index >= 15 is 0 Å². The second kappa shape index (κ2) is 38.0. The molecule has 0 saturated carbocycles. The number of rotatable bonds is 14. The van der Waals surface area contributed by atoms with Gasteiger partial charge in [0.2, 0.25) is 0 Å². The zero-order valence-corrected chi connectivity index (χ0v) is 31.3. The molecular formula is C28H44Fe3O19. The number of esters is 2. The molecule has 294 valence electrons. The van der Waals surface area contributed by atoms with Crippen molar-refractivity contribution in [2.75, 3.05) is 0 Å². The van der Waals surface area contributed by atoms with Crippen molar-refractivity contribution in [1.82, 2.24) is 0 Å². The molecule has 19 nitrogen and oxygen atoms in total. The Morgan fingerprint density at radius 1 is 0.580 bits per heavy atom. The molecule has 0 spiro atoms. The Bertz CT molecular complexity index is 1070. The van der Waals surface area contributed by atoms with Gasteiger partial charge in [0.05, 0.1) is 42.1 Å². The van der Waals surface area contributed by atoms with Crippen molar-refractivity contribution in [3.63, 3.8) is 0 Å². The monoisotopic (exact) mass is 852 g/mol. The predicted octanol–water partition coefficient (Wildman–Crippen LogP) is 1.42. The van der Waals surface area contributed by atoms with Gasteiger partial charge in [-0.25, -0.2) is 9.59 Å². The van der Waals surface area contributed by atoms with Gasteiger partial charge in [0.25, 0.3) is 5.97 Å². The van der Waals surface area contributed by atoms with Crippen molar-refractivity contribution >= 4 is 53.7 Å². The van der Waals surface area contributed by atoms with Gasteiger partial charge >= 0.3 is 47.8 Å². The van der Waals surface area contributed by atoms with E-state index in [2.05, 4.69) is 11.3 Å². The van der Waals surface area contributed by atoms with Crippen LogP contribution in [-0.4, -0.2) is 107 Å². The number of ether oxygens (including phenoxy) is 2. The number of aliphatic hydroxyl groups is 1. The Morgan fingerprint density at radius 2 is 0.880 bits per heavy atom. The van der Waals surface area contributed by atoms with Crippen molar-refractivity contribution in [3.8, 4) is 0 Å². The molecule has 0 aromatic heterocycles. The zero-order valence-electron chi connectivity index (χ0n) is 27.9. The van der Waals surface area contributed by atoms with E-state index in [1.165, 1.54) is 41.5 Å². The number of carboxylic acids is 7. The molecule has 0 aromatic rings. The Labute approximate surface area is 319 Å². The van der Waals surface area contributed by atoms with E-state index in [4.69, 9.17) is 50.4 Å². The van der Waals surface area contributed by atoms with Crippen LogP contribution in [0.1, 0.15) is 61.3 Å². The zero-order chi connectivity index (χ0) is 38.6. The van der Waals surface area contributed by atoms with Crippen LogP contribution in [0.15, 0.2) is 25.0 Å². The number of aliphatic hydroxyl groups excluding tert-OH is 1. The van der Waals surface area contributed by atoms with E-state index in [9.17, 15) is 38.4 Å². The van der Waals surface area contributed by atoms with E-state index in [0.717, 1.165) is 13.2 Å². The van der Waals surface area contributed by atoms with Crippen LogP contribution in [0.25, 0.3) is 0 Å². The fraction of sp³-hybridized carbons (Fsp3) is 0.536. The van der Waals surface area contributed by atoms with E-state index in [-0.39, 0.29) is 70.0 Å². The third-order valence-electron chi connectivity index (χ3n) is 4.79. The number of aliphatic carboxylic acids is 7. The predicted molar refractivity (Wildman–Crippen MR) is 158 cm³/mol. The molecule has 0 rings (SSSR count). The molecule has 22 heteroatoms. The molecule has 0 aliphatic carbocycles. The molecule has 0 heterocycles.